The van der Waals surface area contributed by atoms with Gasteiger partial charge in [0, 0.05) is 13.1 Å². The van der Waals surface area contributed by atoms with Crippen LogP contribution < -0.4 is 5.73 Å². The Morgan fingerprint density at radius 2 is 2.24 bits per heavy atom. The quantitative estimate of drug-likeness (QED) is 0.764. The lowest BCUT2D eigenvalue weighted by Gasteiger charge is -2.39. The van der Waals surface area contributed by atoms with Crippen LogP contribution >= 0.6 is 0 Å². The minimum Gasteiger partial charge on any atom is -0.444 e. The van der Waals surface area contributed by atoms with Gasteiger partial charge in [-0.2, -0.15) is 0 Å². The van der Waals surface area contributed by atoms with Crippen LogP contribution in [0.25, 0.3) is 0 Å². The maximum absolute atomic E-state index is 12.2. The molecule has 1 saturated heterocycles. The van der Waals surface area contributed by atoms with E-state index in [4.69, 9.17) is 10.5 Å². The number of rotatable bonds is 1. The van der Waals surface area contributed by atoms with Crippen LogP contribution in [0.1, 0.15) is 46.5 Å². The molecular formula is C13H24N2O2. The van der Waals surface area contributed by atoms with Gasteiger partial charge in [-0.1, -0.05) is 6.42 Å². The van der Waals surface area contributed by atoms with Gasteiger partial charge in [0.2, 0.25) is 0 Å². The summed E-state index contributed by atoms with van der Waals surface area (Å²) in [5.74, 6) is 0.625. The molecule has 1 aliphatic heterocycles. The molecule has 98 valence electrons. The maximum Gasteiger partial charge on any atom is 0.410 e. The topological polar surface area (TPSA) is 55.6 Å². The van der Waals surface area contributed by atoms with Crippen LogP contribution in [0, 0.1) is 5.92 Å². The molecular weight excluding hydrogens is 216 g/mol. The highest BCUT2D eigenvalue weighted by Crippen LogP contribution is 2.43. The second-order valence-corrected chi connectivity index (χ2v) is 6.48. The molecule has 0 aromatic rings. The average Bonchev–Trinajstić information content (AvgIpc) is 2.48. The highest BCUT2D eigenvalue weighted by molar-refractivity contribution is 5.70. The van der Waals surface area contributed by atoms with Crippen molar-refractivity contribution in [2.24, 2.45) is 11.7 Å². The van der Waals surface area contributed by atoms with E-state index in [1.165, 1.54) is 12.8 Å². The zero-order valence-corrected chi connectivity index (χ0v) is 11.2. The van der Waals surface area contributed by atoms with Crippen LogP contribution in [0.15, 0.2) is 0 Å². The van der Waals surface area contributed by atoms with E-state index in [9.17, 15) is 4.79 Å². The SMILES string of the molecule is CC(C)(C)OC(=O)N1C[C@@H]2CCC[C@@]1(CN)C2. The van der Waals surface area contributed by atoms with E-state index in [1.807, 2.05) is 25.7 Å². The predicted octanol–water partition coefficient (Wildman–Crippen LogP) is 2.12. The summed E-state index contributed by atoms with van der Waals surface area (Å²) in [6.07, 6.45) is 4.30. The third kappa shape index (κ3) is 2.41. The van der Waals surface area contributed by atoms with E-state index < -0.39 is 5.60 Å². The van der Waals surface area contributed by atoms with Crippen molar-refractivity contribution in [3.63, 3.8) is 0 Å². The van der Waals surface area contributed by atoms with Crippen molar-refractivity contribution in [1.82, 2.24) is 4.90 Å². The Balaban J connectivity index is 2.12. The Labute approximate surface area is 103 Å². The van der Waals surface area contributed by atoms with Crippen molar-refractivity contribution < 1.29 is 9.53 Å². The fraction of sp³-hybridized carbons (Fsp3) is 0.923. The molecule has 1 heterocycles. The predicted molar refractivity (Wildman–Crippen MR) is 66.7 cm³/mol. The Bertz CT molecular complexity index is 311. The molecule has 2 N–H and O–H groups in total. The summed E-state index contributed by atoms with van der Waals surface area (Å²) in [6, 6.07) is 0. The molecule has 4 nitrogen and oxygen atoms in total. The van der Waals surface area contributed by atoms with Gasteiger partial charge < -0.3 is 15.4 Å². The van der Waals surface area contributed by atoms with Gasteiger partial charge in [0.25, 0.3) is 0 Å². The Hall–Kier alpha value is -0.770. The van der Waals surface area contributed by atoms with Gasteiger partial charge in [-0.3, -0.25) is 0 Å². The van der Waals surface area contributed by atoms with Gasteiger partial charge in [-0.25, -0.2) is 4.79 Å². The first-order valence-electron chi connectivity index (χ1n) is 6.57. The first-order chi connectivity index (χ1) is 7.86. The van der Waals surface area contributed by atoms with Crippen LogP contribution in [0.5, 0.6) is 0 Å². The van der Waals surface area contributed by atoms with Crippen molar-refractivity contribution in [3.05, 3.63) is 0 Å². The molecule has 2 rings (SSSR count). The molecule has 1 saturated carbocycles. The third-order valence-corrected chi connectivity index (χ3v) is 3.93. The van der Waals surface area contributed by atoms with Crippen molar-refractivity contribution >= 4 is 6.09 Å². The number of amides is 1. The second-order valence-electron chi connectivity index (χ2n) is 6.48. The smallest absolute Gasteiger partial charge is 0.410 e. The zero-order valence-electron chi connectivity index (χ0n) is 11.2. The minimum atomic E-state index is -0.427. The lowest BCUT2D eigenvalue weighted by molar-refractivity contribution is 0.00792. The van der Waals surface area contributed by atoms with E-state index in [0.717, 1.165) is 19.4 Å². The number of nitrogens with two attached hydrogens (primary N) is 1. The lowest BCUT2D eigenvalue weighted by atomic mass is 9.80. The van der Waals surface area contributed by atoms with Gasteiger partial charge in [0.05, 0.1) is 5.54 Å². The summed E-state index contributed by atoms with van der Waals surface area (Å²) in [6.45, 7) is 7.10. The highest BCUT2D eigenvalue weighted by Gasteiger charge is 2.50. The van der Waals surface area contributed by atoms with E-state index in [-0.39, 0.29) is 11.6 Å². The summed E-state index contributed by atoms with van der Waals surface area (Å²) < 4.78 is 5.49. The van der Waals surface area contributed by atoms with Gasteiger partial charge in [-0.05, 0) is 46.0 Å². The van der Waals surface area contributed by atoms with E-state index in [1.54, 1.807) is 0 Å². The summed E-state index contributed by atoms with van der Waals surface area (Å²) in [5, 5.41) is 0. The summed E-state index contributed by atoms with van der Waals surface area (Å²) in [7, 11) is 0. The average molecular weight is 240 g/mol. The van der Waals surface area contributed by atoms with Crippen LogP contribution in [-0.2, 0) is 4.74 Å². The van der Waals surface area contributed by atoms with Gasteiger partial charge >= 0.3 is 6.09 Å². The molecule has 1 aliphatic carbocycles. The van der Waals surface area contributed by atoms with Crippen LogP contribution in [0.4, 0.5) is 4.79 Å². The number of nitrogens with zero attached hydrogens (tertiary/aromatic N) is 1. The molecule has 17 heavy (non-hydrogen) atoms. The summed E-state index contributed by atoms with van der Waals surface area (Å²) in [5.41, 5.74) is 5.37. The summed E-state index contributed by atoms with van der Waals surface area (Å²) >= 11 is 0. The number of hydrogen-bond donors (Lipinski definition) is 1. The van der Waals surface area contributed by atoms with E-state index in [2.05, 4.69) is 0 Å². The van der Waals surface area contributed by atoms with Crippen molar-refractivity contribution in [2.75, 3.05) is 13.1 Å². The molecule has 0 unspecified atom stereocenters. The lowest BCUT2D eigenvalue weighted by Crippen LogP contribution is -2.53. The van der Waals surface area contributed by atoms with Gasteiger partial charge in [0.15, 0.2) is 0 Å². The molecule has 4 heteroatoms. The van der Waals surface area contributed by atoms with Crippen molar-refractivity contribution in [3.8, 4) is 0 Å². The number of fused-ring (bicyclic) bond motifs is 2. The number of carbonyl (C=O) groups is 1. The molecule has 0 spiro atoms. The van der Waals surface area contributed by atoms with Crippen molar-refractivity contribution in [1.29, 1.82) is 0 Å². The highest BCUT2D eigenvalue weighted by atomic mass is 16.6. The van der Waals surface area contributed by atoms with Crippen LogP contribution in [-0.4, -0.2) is 35.2 Å². The number of ether oxygens (including phenoxy) is 1. The van der Waals surface area contributed by atoms with Crippen LogP contribution in [0.3, 0.4) is 0 Å². The molecule has 2 aliphatic rings. The number of carbonyl (C=O) groups excluding carboxylic acids is 1. The Morgan fingerprint density at radius 1 is 1.53 bits per heavy atom. The monoisotopic (exact) mass is 240 g/mol. The Kier molecular flexibility index (Phi) is 3.10. The van der Waals surface area contributed by atoms with Crippen LogP contribution in [0.2, 0.25) is 0 Å². The largest absolute Gasteiger partial charge is 0.444 e. The Morgan fingerprint density at radius 3 is 2.82 bits per heavy atom. The minimum absolute atomic E-state index is 0.120. The number of hydrogen-bond acceptors (Lipinski definition) is 3. The van der Waals surface area contributed by atoms with Gasteiger partial charge in [-0.15, -0.1) is 0 Å². The molecule has 2 fully saturated rings. The first-order valence-corrected chi connectivity index (χ1v) is 6.57. The fourth-order valence-electron chi connectivity index (χ4n) is 3.19. The fourth-order valence-corrected chi connectivity index (χ4v) is 3.19. The molecule has 0 radical (unpaired) electrons. The third-order valence-electron chi connectivity index (χ3n) is 3.93. The van der Waals surface area contributed by atoms with E-state index >= 15 is 0 Å². The summed E-state index contributed by atoms with van der Waals surface area (Å²) in [4.78, 5) is 14.1. The molecule has 0 aromatic carbocycles. The van der Waals surface area contributed by atoms with E-state index in [0.29, 0.717) is 12.5 Å². The first kappa shape index (κ1) is 12.7. The van der Waals surface area contributed by atoms with Gasteiger partial charge in [0.1, 0.15) is 5.60 Å². The standard InChI is InChI=1S/C13H24N2O2/c1-12(2,3)17-11(16)15-8-10-5-4-6-13(15,7-10)9-14/h10H,4-9,14H2,1-3H3/t10-,13+/m1/s1. The molecule has 2 bridgehead atoms. The molecule has 1 amide bonds. The zero-order chi connectivity index (χ0) is 12.7. The van der Waals surface area contributed by atoms with Crippen molar-refractivity contribution in [2.45, 2.75) is 57.6 Å². The number of likely N-dealkylation sites (tertiary alicyclic amines) is 1. The maximum atomic E-state index is 12.2. The molecule has 0 aromatic heterocycles. The second kappa shape index (κ2) is 4.16. The molecule has 2 atom stereocenters. The normalized spacial score (nSPS) is 32.7.